The molecule has 2 aromatic carbocycles. The fourth-order valence-electron chi connectivity index (χ4n) is 2.58. The van der Waals surface area contributed by atoms with Crippen LogP contribution in [-0.2, 0) is 13.2 Å². The van der Waals surface area contributed by atoms with Gasteiger partial charge in [-0.15, -0.1) is 0 Å². The molecule has 0 aromatic heterocycles. The maximum absolute atomic E-state index is 14.0. The summed E-state index contributed by atoms with van der Waals surface area (Å²) >= 11 is 6.09. The van der Waals surface area contributed by atoms with Gasteiger partial charge in [0.15, 0.2) is 11.5 Å². The summed E-state index contributed by atoms with van der Waals surface area (Å²) < 4.78 is 25.3. The quantitative estimate of drug-likeness (QED) is 0.629. The Bertz CT molecular complexity index is 690. The van der Waals surface area contributed by atoms with Crippen LogP contribution in [0, 0.1) is 5.82 Å². The minimum atomic E-state index is -0.379. The average molecular weight is 381 g/mol. The Morgan fingerprint density at radius 3 is 2.62 bits per heavy atom. The monoisotopic (exact) mass is 380 g/mol. The van der Waals surface area contributed by atoms with E-state index >= 15 is 0 Å². The van der Waals surface area contributed by atoms with Gasteiger partial charge in [0.1, 0.15) is 12.4 Å². The van der Waals surface area contributed by atoms with E-state index < -0.39 is 0 Å². The first-order chi connectivity index (χ1) is 12.5. The van der Waals surface area contributed by atoms with E-state index in [4.69, 9.17) is 21.1 Å². The van der Waals surface area contributed by atoms with Crippen molar-refractivity contribution in [2.75, 3.05) is 34.3 Å². The normalized spacial score (nSPS) is 11.0. The van der Waals surface area contributed by atoms with E-state index in [2.05, 4.69) is 24.3 Å². The minimum Gasteiger partial charge on any atom is -0.493 e. The van der Waals surface area contributed by atoms with Gasteiger partial charge in [-0.05, 0) is 51.8 Å². The van der Waals surface area contributed by atoms with Crippen molar-refractivity contribution in [3.05, 3.63) is 58.4 Å². The molecule has 26 heavy (non-hydrogen) atoms. The molecule has 0 unspecified atom stereocenters. The van der Waals surface area contributed by atoms with Crippen molar-refractivity contribution < 1.29 is 13.9 Å². The molecular weight excluding hydrogens is 355 g/mol. The number of nitrogens with zero attached hydrogens (tertiary/aromatic N) is 1. The van der Waals surface area contributed by atoms with Crippen LogP contribution in [0.2, 0.25) is 5.02 Å². The molecule has 0 aliphatic carbocycles. The number of nitrogens with one attached hydrogen (secondary N) is 1. The number of benzene rings is 2. The van der Waals surface area contributed by atoms with Gasteiger partial charge in [-0.3, -0.25) is 0 Å². The smallest absolute Gasteiger partial charge is 0.166 e. The topological polar surface area (TPSA) is 33.7 Å². The summed E-state index contributed by atoms with van der Waals surface area (Å²) in [6.45, 7) is 2.61. The summed E-state index contributed by atoms with van der Waals surface area (Å²) in [6.07, 6.45) is 1.05. The van der Waals surface area contributed by atoms with Crippen LogP contribution in [0.4, 0.5) is 4.39 Å². The number of rotatable bonds is 10. The number of halogens is 2. The van der Waals surface area contributed by atoms with E-state index in [1.165, 1.54) is 6.07 Å². The maximum atomic E-state index is 14.0. The lowest BCUT2D eigenvalue weighted by Gasteiger charge is -2.16. The Morgan fingerprint density at radius 1 is 1.15 bits per heavy atom. The number of ether oxygens (including phenoxy) is 2. The Hall–Kier alpha value is -1.82. The van der Waals surface area contributed by atoms with E-state index in [9.17, 15) is 4.39 Å². The van der Waals surface area contributed by atoms with E-state index in [0.29, 0.717) is 28.6 Å². The van der Waals surface area contributed by atoms with Crippen LogP contribution in [-0.4, -0.2) is 39.2 Å². The summed E-state index contributed by atoms with van der Waals surface area (Å²) in [4.78, 5) is 2.15. The molecule has 1 N–H and O–H groups in total. The molecule has 0 aliphatic heterocycles. The minimum absolute atomic E-state index is 0.0412. The number of hydrogen-bond acceptors (Lipinski definition) is 4. The highest BCUT2D eigenvalue weighted by atomic mass is 35.5. The molecule has 0 saturated heterocycles. The maximum Gasteiger partial charge on any atom is 0.166 e. The van der Waals surface area contributed by atoms with Crippen molar-refractivity contribution in [3.8, 4) is 11.5 Å². The van der Waals surface area contributed by atoms with Gasteiger partial charge in [0.25, 0.3) is 0 Å². The van der Waals surface area contributed by atoms with Gasteiger partial charge >= 0.3 is 0 Å². The lowest BCUT2D eigenvalue weighted by atomic mass is 10.1. The first kappa shape index (κ1) is 20.5. The lowest BCUT2D eigenvalue weighted by Crippen LogP contribution is -2.21. The molecule has 0 saturated carbocycles. The highest BCUT2D eigenvalue weighted by molar-refractivity contribution is 6.31. The second-order valence-electron chi connectivity index (χ2n) is 6.27. The zero-order chi connectivity index (χ0) is 18.9. The third-order valence-electron chi connectivity index (χ3n) is 3.98. The van der Waals surface area contributed by atoms with Gasteiger partial charge in [-0.2, -0.15) is 0 Å². The van der Waals surface area contributed by atoms with Crippen molar-refractivity contribution in [1.29, 1.82) is 0 Å². The molecular formula is C20H26ClFN2O2. The van der Waals surface area contributed by atoms with Crippen molar-refractivity contribution in [2.24, 2.45) is 0 Å². The van der Waals surface area contributed by atoms with Crippen molar-refractivity contribution >= 4 is 11.6 Å². The fourth-order valence-corrected chi connectivity index (χ4v) is 2.80. The van der Waals surface area contributed by atoms with E-state index in [0.717, 1.165) is 25.1 Å². The highest BCUT2D eigenvalue weighted by Gasteiger charge is 2.13. The number of para-hydroxylation sites is 1. The largest absolute Gasteiger partial charge is 0.493 e. The fraction of sp³-hybridized carbons (Fsp3) is 0.400. The van der Waals surface area contributed by atoms with E-state index in [1.54, 1.807) is 19.2 Å². The molecule has 0 heterocycles. The Kier molecular flexibility index (Phi) is 8.16. The van der Waals surface area contributed by atoms with Crippen molar-refractivity contribution in [3.63, 3.8) is 0 Å². The molecule has 4 nitrogen and oxygen atoms in total. The second kappa shape index (κ2) is 10.4. The van der Waals surface area contributed by atoms with E-state index in [-0.39, 0.29) is 12.4 Å². The average Bonchev–Trinajstić information content (AvgIpc) is 2.61. The van der Waals surface area contributed by atoms with E-state index in [1.807, 2.05) is 18.2 Å². The molecule has 0 atom stereocenters. The molecule has 0 radical (unpaired) electrons. The number of methoxy groups -OCH3 is 1. The van der Waals surface area contributed by atoms with Gasteiger partial charge in [0.05, 0.1) is 12.1 Å². The van der Waals surface area contributed by atoms with Gasteiger partial charge in [-0.1, -0.05) is 29.8 Å². The van der Waals surface area contributed by atoms with Crippen LogP contribution in [0.5, 0.6) is 11.5 Å². The standard InChI is InChI=1S/C20H26ClFN2O2/c1-24(2)12-6-11-23-13-15-7-4-10-19(25-3)20(15)26-14-16-17(21)8-5-9-18(16)22/h4-5,7-10,23H,6,11-14H2,1-3H3. The lowest BCUT2D eigenvalue weighted by molar-refractivity contribution is 0.276. The predicted octanol–water partition coefficient (Wildman–Crippen LogP) is 4.11. The summed E-state index contributed by atoms with van der Waals surface area (Å²) in [5, 5.41) is 3.76. The summed E-state index contributed by atoms with van der Waals surface area (Å²) in [5.74, 6) is 0.843. The van der Waals surface area contributed by atoms with Crippen molar-refractivity contribution in [2.45, 2.75) is 19.6 Å². The van der Waals surface area contributed by atoms with Crippen LogP contribution in [0.1, 0.15) is 17.5 Å². The Morgan fingerprint density at radius 2 is 1.92 bits per heavy atom. The van der Waals surface area contributed by atoms with Crippen LogP contribution >= 0.6 is 11.6 Å². The third-order valence-corrected chi connectivity index (χ3v) is 4.33. The van der Waals surface area contributed by atoms with Crippen LogP contribution in [0.15, 0.2) is 36.4 Å². The zero-order valence-corrected chi connectivity index (χ0v) is 16.3. The third kappa shape index (κ3) is 5.87. The zero-order valence-electron chi connectivity index (χ0n) is 15.5. The second-order valence-corrected chi connectivity index (χ2v) is 6.68. The molecule has 142 valence electrons. The SMILES string of the molecule is COc1cccc(CNCCCN(C)C)c1OCc1c(F)cccc1Cl. The first-order valence-electron chi connectivity index (χ1n) is 8.60. The first-order valence-corrected chi connectivity index (χ1v) is 8.97. The molecule has 0 fully saturated rings. The van der Waals surface area contributed by atoms with Crippen LogP contribution in [0.3, 0.4) is 0 Å². The Balaban J connectivity index is 2.06. The molecule has 0 amide bonds. The van der Waals surface area contributed by atoms with Gasteiger partial charge in [0.2, 0.25) is 0 Å². The molecule has 6 heteroatoms. The number of hydrogen-bond donors (Lipinski definition) is 1. The molecule has 2 rings (SSSR count). The molecule has 0 bridgehead atoms. The summed E-state index contributed by atoms with van der Waals surface area (Å²) in [7, 11) is 5.70. The van der Waals surface area contributed by atoms with Gasteiger partial charge < -0.3 is 19.7 Å². The van der Waals surface area contributed by atoms with Crippen LogP contribution < -0.4 is 14.8 Å². The summed E-state index contributed by atoms with van der Waals surface area (Å²) in [6, 6.07) is 10.3. The van der Waals surface area contributed by atoms with Crippen molar-refractivity contribution in [1.82, 2.24) is 10.2 Å². The predicted molar refractivity (Wildman–Crippen MR) is 104 cm³/mol. The van der Waals surface area contributed by atoms with Gasteiger partial charge in [-0.25, -0.2) is 4.39 Å². The molecule has 2 aromatic rings. The summed E-state index contributed by atoms with van der Waals surface area (Å²) in [5.41, 5.74) is 1.30. The highest BCUT2D eigenvalue weighted by Crippen LogP contribution is 2.32. The van der Waals surface area contributed by atoms with Gasteiger partial charge in [0, 0.05) is 17.7 Å². The van der Waals surface area contributed by atoms with Crippen LogP contribution in [0.25, 0.3) is 0 Å². The Labute approximate surface area is 159 Å². The molecule has 0 aliphatic rings. The molecule has 0 spiro atoms.